The summed E-state index contributed by atoms with van der Waals surface area (Å²) < 4.78 is 1.54. The Balaban J connectivity index is 0.00000121. The van der Waals surface area contributed by atoms with E-state index >= 15 is 0 Å². The van der Waals surface area contributed by atoms with Gasteiger partial charge in [0.2, 0.25) is 0 Å². The van der Waals surface area contributed by atoms with Gasteiger partial charge in [0, 0.05) is 37.4 Å². The lowest BCUT2D eigenvalue weighted by Gasteiger charge is -2.34. The molecule has 2 aromatic rings. The van der Waals surface area contributed by atoms with E-state index in [0.717, 1.165) is 19.6 Å². The van der Waals surface area contributed by atoms with Crippen molar-refractivity contribution < 1.29 is 4.79 Å². The zero-order chi connectivity index (χ0) is 13.9. The predicted octanol–water partition coefficient (Wildman–Crippen LogP) is 0.940. The highest BCUT2D eigenvalue weighted by atomic mass is 35.5. The molecule has 0 spiro atoms. The molecule has 1 aliphatic heterocycles. The van der Waals surface area contributed by atoms with Crippen LogP contribution >= 0.6 is 24.8 Å². The average molecular weight is 345 g/mol. The van der Waals surface area contributed by atoms with Crippen LogP contribution in [0.2, 0.25) is 0 Å². The Morgan fingerprint density at radius 1 is 1.41 bits per heavy atom. The summed E-state index contributed by atoms with van der Waals surface area (Å²) in [6.45, 7) is 4.43. The first-order chi connectivity index (χ1) is 9.75. The molecule has 1 N–H and O–H groups in total. The minimum absolute atomic E-state index is 0. The molecule has 0 aliphatic carbocycles. The number of piperazine rings is 1. The van der Waals surface area contributed by atoms with Gasteiger partial charge in [-0.05, 0) is 19.1 Å². The van der Waals surface area contributed by atoms with Gasteiger partial charge in [0.15, 0.2) is 5.82 Å². The summed E-state index contributed by atoms with van der Waals surface area (Å²) in [5.41, 5.74) is 0.624. The fraction of sp³-hybridized carbons (Fsp3) is 0.385. The summed E-state index contributed by atoms with van der Waals surface area (Å²) in [7, 11) is 0. The molecule has 120 valence electrons. The van der Waals surface area contributed by atoms with Crippen molar-refractivity contribution in [3.63, 3.8) is 0 Å². The van der Waals surface area contributed by atoms with Crippen LogP contribution < -0.4 is 5.32 Å². The minimum Gasteiger partial charge on any atom is -0.333 e. The average Bonchev–Trinajstić information content (AvgIpc) is 3.01. The standard InChI is InChI=1S/C13H16N6O.2ClH/c1-10-7-14-4-5-18(10)13(20)11-2-3-16-12(6-11)19-9-15-8-17-19;;/h2-3,6,8-10,14H,4-5,7H2,1H3;2*1H/t10-;;/m1../s1. The molecule has 3 rings (SSSR count). The quantitative estimate of drug-likeness (QED) is 0.877. The second-order valence-electron chi connectivity index (χ2n) is 4.79. The maximum atomic E-state index is 12.6. The molecule has 7 nitrogen and oxygen atoms in total. The van der Waals surface area contributed by atoms with Gasteiger partial charge in [-0.1, -0.05) is 0 Å². The van der Waals surface area contributed by atoms with Crippen molar-refractivity contribution in [3.8, 4) is 5.82 Å². The van der Waals surface area contributed by atoms with Crippen molar-refractivity contribution in [1.29, 1.82) is 0 Å². The van der Waals surface area contributed by atoms with E-state index in [4.69, 9.17) is 0 Å². The normalized spacial score (nSPS) is 17.3. The smallest absolute Gasteiger partial charge is 0.254 e. The largest absolute Gasteiger partial charge is 0.333 e. The topological polar surface area (TPSA) is 75.9 Å². The van der Waals surface area contributed by atoms with E-state index in [9.17, 15) is 4.79 Å². The summed E-state index contributed by atoms with van der Waals surface area (Å²) in [5.74, 6) is 0.624. The highest BCUT2D eigenvalue weighted by molar-refractivity contribution is 5.94. The van der Waals surface area contributed by atoms with E-state index in [-0.39, 0.29) is 36.8 Å². The van der Waals surface area contributed by atoms with E-state index < -0.39 is 0 Å². The molecule has 0 saturated carbocycles. The van der Waals surface area contributed by atoms with Crippen molar-refractivity contribution in [2.24, 2.45) is 0 Å². The molecule has 0 radical (unpaired) electrons. The van der Waals surface area contributed by atoms with Crippen LogP contribution in [0, 0.1) is 0 Å². The third-order valence-corrected chi connectivity index (χ3v) is 3.41. The van der Waals surface area contributed by atoms with E-state index in [2.05, 4.69) is 20.4 Å². The Hall–Kier alpha value is -1.70. The Kier molecular flexibility index (Phi) is 6.73. The molecular formula is C13H18Cl2N6O. The number of carbonyl (C=O) groups excluding carboxylic acids is 1. The molecule has 1 amide bonds. The summed E-state index contributed by atoms with van der Waals surface area (Å²) in [5, 5.41) is 7.30. The monoisotopic (exact) mass is 344 g/mol. The number of hydrogen-bond donors (Lipinski definition) is 1. The third kappa shape index (κ3) is 3.73. The number of nitrogens with one attached hydrogen (secondary N) is 1. The van der Waals surface area contributed by atoms with Gasteiger partial charge in [0.05, 0.1) is 0 Å². The van der Waals surface area contributed by atoms with Gasteiger partial charge in [-0.15, -0.1) is 24.8 Å². The van der Waals surface area contributed by atoms with Gasteiger partial charge >= 0.3 is 0 Å². The zero-order valence-electron chi connectivity index (χ0n) is 12.0. The molecule has 0 bridgehead atoms. The number of rotatable bonds is 2. The van der Waals surface area contributed by atoms with Crippen LogP contribution in [0.1, 0.15) is 17.3 Å². The minimum atomic E-state index is 0. The van der Waals surface area contributed by atoms with Crippen LogP contribution in [0.15, 0.2) is 31.0 Å². The SMILES string of the molecule is C[C@@H]1CNCCN1C(=O)c1ccnc(-n2cncn2)c1.Cl.Cl. The van der Waals surface area contributed by atoms with Crippen molar-refractivity contribution in [3.05, 3.63) is 36.5 Å². The van der Waals surface area contributed by atoms with E-state index in [1.165, 1.54) is 11.0 Å². The van der Waals surface area contributed by atoms with Crippen molar-refractivity contribution >= 4 is 30.7 Å². The molecule has 0 unspecified atom stereocenters. The van der Waals surface area contributed by atoms with Crippen LogP contribution in [0.5, 0.6) is 0 Å². The van der Waals surface area contributed by atoms with Crippen LogP contribution in [-0.4, -0.2) is 56.2 Å². The van der Waals surface area contributed by atoms with Gasteiger partial charge in [0.25, 0.3) is 5.91 Å². The molecule has 0 aromatic carbocycles. The molecule has 1 saturated heterocycles. The maximum Gasteiger partial charge on any atom is 0.254 e. The molecular weight excluding hydrogens is 327 g/mol. The highest BCUT2D eigenvalue weighted by Gasteiger charge is 2.24. The second kappa shape index (κ2) is 8.07. The maximum absolute atomic E-state index is 12.6. The first kappa shape index (κ1) is 18.3. The third-order valence-electron chi connectivity index (χ3n) is 3.41. The Morgan fingerprint density at radius 2 is 2.23 bits per heavy atom. The van der Waals surface area contributed by atoms with Crippen LogP contribution in [0.4, 0.5) is 0 Å². The summed E-state index contributed by atoms with van der Waals surface area (Å²) in [4.78, 5) is 22.5. The Morgan fingerprint density at radius 3 is 2.91 bits per heavy atom. The van der Waals surface area contributed by atoms with Crippen LogP contribution in [0.25, 0.3) is 5.82 Å². The lowest BCUT2D eigenvalue weighted by Crippen LogP contribution is -2.52. The number of pyridine rings is 1. The summed E-state index contributed by atoms with van der Waals surface area (Å²) in [6.07, 6.45) is 4.62. The summed E-state index contributed by atoms with van der Waals surface area (Å²) >= 11 is 0. The van der Waals surface area contributed by atoms with Gasteiger partial charge in [-0.3, -0.25) is 4.79 Å². The van der Waals surface area contributed by atoms with Gasteiger partial charge in [-0.2, -0.15) is 5.10 Å². The number of halogens is 2. The van der Waals surface area contributed by atoms with E-state index in [0.29, 0.717) is 11.4 Å². The van der Waals surface area contributed by atoms with Crippen LogP contribution in [-0.2, 0) is 0 Å². The van der Waals surface area contributed by atoms with E-state index in [1.807, 2.05) is 11.8 Å². The lowest BCUT2D eigenvalue weighted by molar-refractivity contribution is 0.0655. The van der Waals surface area contributed by atoms with E-state index in [1.54, 1.807) is 24.7 Å². The van der Waals surface area contributed by atoms with Gasteiger partial charge in [0.1, 0.15) is 12.7 Å². The second-order valence-corrected chi connectivity index (χ2v) is 4.79. The molecule has 1 aliphatic rings. The molecule has 2 aromatic heterocycles. The van der Waals surface area contributed by atoms with Crippen molar-refractivity contribution in [2.45, 2.75) is 13.0 Å². The molecule has 1 fully saturated rings. The molecule has 9 heteroatoms. The van der Waals surface area contributed by atoms with Crippen molar-refractivity contribution in [2.75, 3.05) is 19.6 Å². The molecule has 3 heterocycles. The fourth-order valence-corrected chi connectivity index (χ4v) is 2.31. The Bertz CT molecular complexity index is 606. The zero-order valence-corrected chi connectivity index (χ0v) is 13.7. The lowest BCUT2D eigenvalue weighted by atomic mass is 10.1. The molecule has 22 heavy (non-hydrogen) atoms. The molecule has 1 atom stereocenters. The Labute approximate surface area is 140 Å². The number of aromatic nitrogens is 4. The number of carbonyl (C=O) groups is 1. The van der Waals surface area contributed by atoms with Gasteiger partial charge < -0.3 is 10.2 Å². The first-order valence-electron chi connectivity index (χ1n) is 6.58. The number of hydrogen-bond acceptors (Lipinski definition) is 5. The highest BCUT2D eigenvalue weighted by Crippen LogP contribution is 2.12. The predicted molar refractivity (Wildman–Crippen MR) is 87.0 cm³/mol. The number of amides is 1. The fourth-order valence-electron chi connectivity index (χ4n) is 2.31. The number of nitrogens with zero attached hydrogens (tertiary/aromatic N) is 5. The first-order valence-corrected chi connectivity index (χ1v) is 6.58. The van der Waals surface area contributed by atoms with Gasteiger partial charge in [-0.25, -0.2) is 14.6 Å². The van der Waals surface area contributed by atoms with Crippen molar-refractivity contribution in [1.82, 2.24) is 30.0 Å². The summed E-state index contributed by atoms with van der Waals surface area (Å²) in [6, 6.07) is 3.67. The van der Waals surface area contributed by atoms with Crippen LogP contribution in [0.3, 0.4) is 0 Å².